The minimum absolute atomic E-state index is 0.0876. The highest BCUT2D eigenvalue weighted by Gasteiger charge is 2.24. The highest BCUT2D eigenvalue weighted by atomic mass is 16.5. The first kappa shape index (κ1) is 55.9. The number of hydrogen-bond donors (Lipinski definition) is 3. The van der Waals surface area contributed by atoms with E-state index in [0.717, 1.165) is 44.9 Å². The van der Waals surface area contributed by atoms with Crippen molar-refractivity contribution in [3.05, 3.63) is 0 Å². The van der Waals surface area contributed by atoms with Crippen LogP contribution in [0.3, 0.4) is 0 Å². The van der Waals surface area contributed by atoms with Crippen LogP contribution in [-0.2, 0) is 14.3 Å². The van der Waals surface area contributed by atoms with Gasteiger partial charge in [0.05, 0.1) is 25.2 Å². The van der Waals surface area contributed by atoms with Gasteiger partial charge < -0.3 is 20.3 Å². The van der Waals surface area contributed by atoms with Crippen LogP contribution in [0, 0.1) is 0 Å². The molecular formula is C51H101NO5. The van der Waals surface area contributed by atoms with Gasteiger partial charge in [-0.15, -0.1) is 0 Å². The van der Waals surface area contributed by atoms with Crippen LogP contribution in [0.25, 0.3) is 0 Å². The van der Waals surface area contributed by atoms with Gasteiger partial charge in [0.15, 0.2) is 0 Å². The monoisotopic (exact) mass is 808 g/mol. The highest BCUT2D eigenvalue weighted by molar-refractivity contribution is 5.77. The number of aliphatic hydroxyl groups excluding tert-OH is 2. The number of aliphatic hydroxyl groups is 2. The maximum Gasteiger partial charge on any atom is 0.306 e. The van der Waals surface area contributed by atoms with Crippen LogP contribution in [-0.4, -0.2) is 46.9 Å². The molecule has 0 spiro atoms. The maximum absolute atomic E-state index is 13.2. The van der Waals surface area contributed by atoms with Gasteiger partial charge in [0, 0.05) is 6.42 Å². The Labute approximate surface area is 356 Å². The molecule has 6 nitrogen and oxygen atoms in total. The van der Waals surface area contributed by atoms with Gasteiger partial charge in [0.25, 0.3) is 0 Å². The van der Waals surface area contributed by atoms with Gasteiger partial charge in [-0.05, 0) is 25.7 Å². The molecule has 57 heavy (non-hydrogen) atoms. The van der Waals surface area contributed by atoms with Crippen molar-refractivity contribution >= 4 is 11.9 Å². The molecule has 0 radical (unpaired) electrons. The van der Waals surface area contributed by atoms with Crippen LogP contribution in [0.1, 0.15) is 290 Å². The van der Waals surface area contributed by atoms with Crippen molar-refractivity contribution in [2.45, 2.75) is 309 Å². The van der Waals surface area contributed by atoms with E-state index in [-0.39, 0.29) is 24.9 Å². The number of esters is 1. The van der Waals surface area contributed by atoms with Gasteiger partial charge in [-0.25, -0.2) is 0 Å². The SMILES string of the molecule is CCCCCCCCCCCCCCCCC(O)C(CO)NC(=O)CC(CCCCCCCCCCCCCC)OC(=O)CCCCCCCCCCCCCC. The van der Waals surface area contributed by atoms with E-state index in [0.29, 0.717) is 19.3 Å². The second-order valence-corrected chi connectivity index (χ2v) is 17.9. The maximum atomic E-state index is 13.2. The molecule has 340 valence electrons. The Hall–Kier alpha value is -1.14. The van der Waals surface area contributed by atoms with E-state index in [1.807, 2.05) is 0 Å². The fourth-order valence-corrected chi connectivity index (χ4v) is 8.26. The summed E-state index contributed by atoms with van der Waals surface area (Å²) in [5, 5.41) is 23.8. The number of rotatable bonds is 47. The average Bonchev–Trinajstić information content (AvgIpc) is 3.20. The lowest BCUT2D eigenvalue weighted by Crippen LogP contribution is -2.46. The van der Waals surface area contributed by atoms with E-state index in [4.69, 9.17) is 4.74 Å². The third-order valence-corrected chi connectivity index (χ3v) is 12.2. The topological polar surface area (TPSA) is 95.9 Å². The Morgan fingerprint density at radius 2 is 0.737 bits per heavy atom. The third kappa shape index (κ3) is 41.4. The normalized spacial score (nSPS) is 13.1. The molecule has 0 aromatic carbocycles. The van der Waals surface area contributed by atoms with E-state index < -0.39 is 18.2 Å². The van der Waals surface area contributed by atoms with Gasteiger partial charge >= 0.3 is 5.97 Å². The average molecular weight is 808 g/mol. The zero-order chi connectivity index (χ0) is 41.7. The molecule has 3 N–H and O–H groups in total. The highest BCUT2D eigenvalue weighted by Crippen LogP contribution is 2.19. The van der Waals surface area contributed by atoms with E-state index in [1.165, 1.54) is 199 Å². The predicted octanol–water partition coefficient (Wildman–Crippen LogP) is 15.2. The number of nitrogens with one attached hydrogen (secondary N) is 1. The number of carbonyl (C=O) groups excluding carboxylic acids is 2. The summed E-state index contributed by atoms with van der Waals surface area (Å²) in [5.74, 6) is -0.452. The number of unbranched alkanes of at least 4 members (excludes halogenated alkanes) is 35. The minimum Gasteiger partial charge on any atom is -0.462 e. The number of amides is 1. The smallest absolute Gasteiger partial charge is 0.306 e. The second kappa shape index (κ2) is 45.9. The Balaban J connectivity index is 4.49. The van der Waals surface area contributed by atoms with Gasteiger partial charge in [-0.2, -0.15) is 0 Å². The lowest BCUT2D eigenvalue weighted by atomic mass is 10.0. The molecule has 0 aromatic heterocycles. The van der Waals surface area contributed by atoms with E-state index in [9.17, 15) is 19.8 Å². The van der Waals surface area contributed by atoms with Crippen LogP contribution >= 0.6 is 0 Å². The van der Waals surface area contributed by atoms with Crippen molar-refractivity contribution in [1.82, 2.24) is 5.32 Å². The molecule has 0 saturated heterocycles. The number of ether oxygens (including phenoxy) is 1. The van der Waals surface area contributed by atoms with Crippen LogP contribution in [0.4, 0.5) is 0 Å². The predicted molar refractivity (Wildman–Crippen MR) is 246 cm³/mol. The summed E-state index contributed by atoms with van der Waals surface area (Å²) in [7, 11) is 0. The summed E-state index contributed by atoms with van der Waals surface area (Å²) in [6, 6.07) is -0.691. The van der Waals surface area contributed by atoms with Crippen LogP contribution in [0.15, 0.2) is 0 Å². The van der Waals surface area contributed by atoms with Gasteiger partial charge in [0.1, 0.15) is 6.10 Å². The zero-order valence-corrected chi connectivity index (χ0v) is 38.8. The van der Waals surface area contributed by atoms with Crippen LogP contribution in [0.2, 0.25) is 0 Å². The van der Waals surface area contributed by atoms with E-state index >= 15 is 0 Å². The molecule has 0 heterocycles. The second-order valence-electron chi connectivity index (χ2n) is 17.9. The summed E-state index contributed by atoms with van der Waals surface area (Å²) in [6.45, 7) is 6.50. The third-order valence-electron chi connectivity index (χ3n) is 12.2. The molecule has 3 atom stereocenters. The first-order valence-electron chi connectivity index (χ1n) is 25.8. The summed E-state index contributed by atoms with van der Waals surface area (Å²) in [5.41, 5.74) is 0. The van der Waals surface area contributed by atoms with E-state index in [2.05, 4.69) is 26.1 Å². The first-order chi connectivity index (χ1) is 28.0. The lowest BCUT2D eigenvalue weighted by molar-refractivity contribution is -0.151. The molecule has 0 saturated carbocycles. The van der Waals surface area contributed by atoms with Gasteiger partial charge in [-0.1, -0.05) is 252 Å². The fraction of sp³-hybridized carbons (Fsp3) is 0.961. The molecule has 6 heteroatoms. The molecule has 0 aliphatic carbocycles. The molecule has 0 aromatic rings. The molecule has 1 amide bonds. The van der Waals surface area contributed by atoms with Crippen molar-refractivity contribution in [2.24, 2.45) is 0 Å². The Bertz CT molecular complexity index is 821. The van der Waals surface area contributed by atoms with Crippen molar-refractivity contribution in [3.8, 4) is 0 Å². The van der Waals surface area contributed by atoms with Gasteiger partial charge in [-0.3, -0.25) is 9.59 Å². The van der Waals surface area contributed by atoms with Crippen LogP contribution in [0.5, 0.6) is 0 Å². The molecule has 0 bridgehead atoms. The molecule has 0 fully saturated rings. The van der Waals surface area contributed by atoms with Crippen molar-refractivity contribution in [3.63, 3.8) is 0 Å². The number of carbonyl (C=O) groups is 2. The Morgan fingerprint density at radius 1 is 0.439 bits per heavy atom. The first-order valence-corrected chi connectivity index (χ1v) is 25.8. The Morgan fingerprint density at radius 3 is 1.07 bits per heavy atom. The zero-order valence-electron chi connectivity index (χ0n) is 38.8. The van der Waals surface area contributed by atoms with Gasteiger partial charge in [0.2, 0.25) is 5.91 Å². The standard InChI is InChI=1S/C51H101NO5/c1-4-7-10-13-16-19-22-25-26-28-31-34-37-40-43-49(54)48(46-53)52-50(55)45-47(42-39-36-33-30-27-23-20-17-14-11-8-5-2)57-51(56)44-41-38-35-32-29-24-21-18-15-12-9-6-3/h47-49,53-54H,4-46H2,1-3H3,(H,52,55). The van der Waals surface area contributed by atoms with E-state index in [1.54, 1.807) is 0 Å². The Kier molecular flexibility index (Phi) is 45.0. The quantitative estimate of drug-likeness (QED) is 0.0420. The summed E-state index contributed by atoms with van der Waals surface area (Å²) in [4.78, 5) is 26.1. The number of hydrogen-bond acceptors (Lipinski definition) is 5. The molecule has 3 unspecified atom stereocenters. The summed E-state index contributed by atoms with van der Waals surface area (Å²) >= 11 is 0. The molecule has 0 rings (SSSR count). The largest absolute Gasteiger partial charge is 0.462 e. The summed E-state index contributed by atoms with van der Waals surface area (Å²) in [6.07, 6.45) is 48.7. The molecule has 0 aliphatic heterocycles. The lowest BCUT2D eigenvalue weighted by Gasteiger charge is -2.24. The van der Waals surface area contributed by atoms with Crippen molar-refractivity contribution < 1.29 is 24.5 Å². The minimum atomic E-state index is -0.778. The van der Waals surface area contributed by atoms with Crippen LogP contribution < -0.4 is 5.32 Å². The fourth-order valence-electron chi connectivity index (χ4n) is 8.26. The van der Waals surface area contributed by atoms with Crippen molar-refractivity contribution in [2.75, 3.05) is 6.61 Å². The summed E-state index contributed by atoms with van der Waals surface area (Å²) < 4.78 is 5.93. The van der Waals surface area contributed by atoms with Crippen molar-refractivity contribution in [1.29, 1.82) is 0 Å². The molecular weight excluding hydrogens is 707 g/mol. The molecule has 0 aliphatic rings.